The van der Waals surface area contributed by atoms with Crippen molar-refractivity contribution in [3.05, 3.63) is 66.2 Å². The van der Waals surface area contributed by atoms with Gasteiger partial charge in [0.2, 0.25) is 5.78 Å². The molecule has 0 amide bonds. The largest absolute Gasteiger partial charge is 0.494 e. The third kappa shape index (κ3) is 5.82. The Morgan fingerprint density at radius 3 is 2.15 bits per heavy atom. The number of benzene rings is 2. The molecule has 2 aromatic rings. The van der Waals surface area contributed by atoms with Crippen molar-refractivity contribution in [2.75, 3.05) is 6.61 Å². The summed E-state index contributed by atoms with van der Waals surface area (Å²) in [6.07, 6.45) is 0.870. The molecule has 0 aliphatic rings. The van der Waals surface area contributed by atoms with Crippen LogP contribution < -0.4 is 4.74 Å². The van der Waals surface area contributed by atoms with E-state index in [0.29, 0.717) is 5.56 Å². The van der Waals surface area contributed by atoms with Gasteiger partial charge in [0.25, 0.3) is 0 Å². The van der Waals surface area contributed by atoms with E-state index in [1.165, 1.54) is 0 Å². The summed E-state index contributed by atoms with van der Waals surface area (Å²) >= 11 is 0. The Morgan fingerprint density at radius 2 is 1.65 bits per heavy atom. The zero-order valence-electron chi connectivity index (χ0n) is 11.3. The quantitative estimate of drug-likeness (QED) is 0.401. The number of hydrogen-bond donors (Lipinski definition) is 1. The predicted octanol–water partition coefficient (Wildman–Crippen LogP) is 3.41. The van der Waals surface area contributed by atoms with Crippen molar-refractivity contribution in [2.24, 2.45) is 5.16 Å². The number of ketones is 1. The Kier molecular flexibility index (Phi) is 7.20. The predicted molar refractivity (Wildman–Crippen MR) is 78.7 cm³/mol. The zero-order chi connectivity index (χ0) is 14.6. The second-order valence-corrected chi connectivity index (χ2v) is 3.72. The van der Waals surface area contributed by atoms with Gasteiger partial charge in [-0.25, -0.2) is 0 Å². The van der Waals surface area contributed by atoms with Gasteiger partial charge in [0.15, 0.2) is 0 Å². The Bertz CT molecular complexity index is 524. The van der Waals surface area contributed by atoms with Gasteiger partial charge in [-0.15, -0.1) is 0 Å². The maximum Gasteiger partial charge on any atom is 0.207 e. The molecule has 0 saturated heterocycles. The number of rotatable bonds is 4. The third-order valence-electron chi connectivity index (χ3n) is 2.29. The SMILES string of the molecule is CCOc1ccccc1.O=C(C=NO)c1ccccc1. The topological polar surface area (TPSA) is 58.9 Å². The highest BCUT2D eigenvalue weighted by atomic mass is 16.5. The summed E-state index contributed by atoms with van der Waals surface area (Å²) in [4.78, 5) is 10.9. The van der Waals surface area contributed by atoms with Gasteiger partial charge in [-0.1, -0.05) is 53.7 Å². The minimum Gasteiger partial charge on any atom is -0.494 e. The minimum atomic E-state index is -0.298. The third-order valence-corrected chi connectivity index (χ3v) is 2.29. The molecule has 2 rings (SSSR count). The summed E-state index contributed by atoms with van der Waals surface area (Å²) < 4.78 is 5.21. The molecule has 0 aliphatic heterocycles. The van der Waals surface area contributed by atoms with E-state index in [1.54, 1.807) is 24.3 Å². The maximum atomic E-state index is 10.9. The van der Waals surface area contributed by atoms with Crippen LogP contribution in [0, 0.1) is 0 Å². The van der Waals surface area contributed by atoms with E-state index in [-0.39, 0.29) is 5.78 Å². The fraction of sp³-hybridized carbons (Fsp3) is 0.125. The van der Waals surface area contributed by atoms with Crippen molar-refractivity contribution < 1.29 is 14.7 Å². The highest BCUT2D eigenvalue weighted by Gasteiger charge is 1.98. The molecule has 2 aromatic carbocycles. The Labute approximate surface area is 118 Å². The van der Waals surface area contributed by atoms with Crippen LogP contribution >= 0.6 is 0 Å². The van der Waals surface area contributed by atoms with Crippen LogP contribution in [0.4, 0.5) is 0 Å². The van der Waals surface area contributed by atoms with Gasteiger partial charge >= 0.3 is 0 Å². The van der Waals surface area contributed by atoms with Crippen LogP contribution in [0.5, 0.6) is 5.75 Å². The monoisotopic (exact) mass is 271 g/mol. The molecule has 1 N–H and O–H groups in total. The lowest BCUT2D eigenvalue weighted by atomic mass is 10.1. The van der Waals surface area contributed by atoms with E-state index in [4.69, 9.17) is 9.94 Å². The normalized spacial score (nSPS) is 9.65. The van der Waals surface area contributed by atoms with Gasteiger partial charge in [-0.2, -0.15) is 0 Å². The number of nitrogens with zero attached hydrogens (tertiary/aromatic N) is 1. The molecule has 4 nitrogen and oxygen atoms in total. The van der Waals surface area contributed by atoms with Crippen LogP contribution in [0.25, 0.3) is 0 Å². The van der Waals surface area contributed by atoms with E-state index >= 15 is 0 Å². The lowest BCUT2D eigenvalue weighted by Gasteiger charge is -1.99. The first-order valence-electron chi connectivity index (χ1n) is 6.22. The molecule has 0 bridgehead atoms. The molecule has 0 aliphatic carbocycles. The molecule has 0 heterocycles. The first kappa shape index (κ1) is 15.4. The van der Waals surface area contributed by atoms with Crippen LogP contribution in [0.2, 0.25) is 0 Å². The number of hydrogen-bond acceptors (Lipinski definition) is 4. The Balaban J connectivity index is 0.000000204. The van der Waals surface area contributed by atoms with Gasteiger partial charge < -0.3 is 9.94 Å². The molecule has 0 spiro atoms. The average molecular weight is 271 g/mol. The van der Waals surface area contributed by atoms with Crippen molar-refractivity contribution in [1.29, 1.82) is 0 Å². The Hall–Kier alpha value is -2.62. The molecule has 0 radical (unpaired) electrons. The van der Waals surface area contributed by atoms with Gasteiger partial charge in [0, 0.05) is 5.56 Å². The highest BCUT2D eigenvalue weighted by molar-refractivity contribution is 6.35. The number of para-hydroxylation sites is 1. The van der Waals surface area contributed by atoms with E-state index in [9.17, 15) is 4.79 Å². The van der Waals surface area contributed by atoms with E-state index in [1.807, 2.05) is 43.3 Å². The summed E-state index contributed by atoms with van der Waals surface area (Å²) in [5.74, 6) is 0.646. The van der Waals surface area contributed by atoms with Crippen molar-refractivity contribution in [3.63, 3.8) is 0 Å². The lowest BCUT2D eigenvalue weighted by Crippen LogP contribution is -1.98. The van der Waals surface area contributed by atoms with Gasteiger partial charge in [0.1, 0.15) is 12.0 Å². The van der Waals surface area contributed by atoms with Crippen LogP contribution in [-0.2, 0) is 0 Å². The molecule has 0 aromatic heterocycles. The number of carbonyl (C=O) groups excluding carboxylic acids is 1. The average Bonchev–Trinajstić information content (AvgIpc) is 2.50. The summed E-state index contributed by atoms with van der Waals surface area (Å²) in [5.41, 5.74) is 0.519. The summed E-state index contributed by atoms with van der Waals surface area (Å²) in [6.45, 7) is 2.72. The van der Waals surface area contributed by atoms with E-state index in [0.717, 1.165) is 18.6 Å². The number of ether oxygens (including phenoxy) is 1. The molecular formula is C16H17NO3. The first-order valence-corrected chi connectivity index (χ1v) is 6.22. The smallest absolute Gasteiger partial charge is 0.207 e. The molecule has 0 fully saturated rings. The molecule has 4 heteroatoms. The second-order valence-electron chi connectivity index (χ2n) is 3.72. The second kappa shape index (κ2) is 9.33. The summed E-state index contributed by atoms with van der Waals surface area (Å²) in [6, 6.07) is 18.4. The summed E-state index contributed by atoms with van der Waals surface area (Å²) in [5, 5.41) is 10.7. The van der Waals surface area contributed by atoms with Crippen molar-refractivity contribution >= 4 is 12.0 Å². The molecular weight excluding hydrogens is 254 g/mol. The summed E-state index contributed by atoms with van der Waals surface area (Å²) in [7, 11) is 0. The van der Waals surface area contributed by atoms with Crippen molar-refractivity contribution in [2.45, 2.75) is 6.92 Å². The van der Waals surface area contributed by atoms with Crippen molar-refractivity contribution in [1.82, 2.24) is 0 Å². The first-order chi connectivity index (χ1) is 9.77. The van der Waals surface area contributed by atoms with Crippen molar-refractivity contribution in [3.8, 4) is 5.75 Å². The van der Waals surface area contributed by atoms with Gasteiger partial charge in [0.05, 0.1) is 6.61 Å². The highest BCUT2D eigenvalue weighted by Crippen LogP contribution is 2.06. The molecule has 20 heavy (non-hydrogen) atoms. The van der Waals surface area contributed by atoms with Gasteiger partial charge in [-0.05, 0) is 19.1 Å². The number of Topliss-reactive ketones (excluding diaryl/α,β-unsaturated/α-hetero) is 1. The number of oxime groups is 1. The van der Waals surface area contributed by atoms with Crippen LogP contribution in [0.1, 0.15) is 17.3 Å². The standard InChI is InChI=1S/C8H7NO2.C8H10O/c10-8(6-9-11)7-4-2-1-3-5-7;1-2-9-8-6-4-3-5-7-8/h1-6,11H;3-7H,2H2,1H3. The van der Waals surface area contributed by atoms with E-state index in [2.05, 4.69) is 5.16 Å². The van der Waals surface area contributed by atoms with E-state index < -0.39 is 0 Å². The molecule has 104 valence electrons. The van der Waals surface area contributed by atoms with Gasteiger partial charge in [-0.3, -0.25) is 4.79 Å². The molecule has 0 unspecified atom stereocenters. The zero-order valence-corrected chi connectivity index (χ0v) is 11.3. The molecule has 0 atom stereocenters. The fourth-order valence-electron chi connectivity index (χ4n) is 1.41. The van der Waals surface area contributed by atoms with Crippen LogP contribution in [0.15, 0.2) is 65.8 Å². The maximum absolute atomic E-state index is 10.9. The Morgan fingerprint density at radius 1 is 1.10 bits per heavy atom. The number of carbonyl (C=O) groups is 1. The lowest BCUT2D eigenvalue weighted by molar-refractivity contribution is 0.106. The van der Waals surface area contributed by atoms with Crippen LogP contribution in [-0.4, -0.2) is 23.8 Å². The van der Waals surface area contributed by atoms with Crippen LogP contribution in [0.3, 0.4) is 0 Å². The fourth-order valence-corrected chi connectivity index (χ4v) is 1.41. The minimum absolute atomic E-state index is 0.298. The molecule has 0 saturated carbocycles.